The Labute approximate surface area is 140 Å². The lowest BCUT2D eigenvalue weighted by molar-refractivity contribution is 0.172. The Balaban J connectivity index is 2.49. The van der Waals surface area contributed by atoms with E-state index in [4.69, 9.17) is 0 Å². The zero-order valence-electron chi connectivity index (χ0n) is 14.6. The van der Waals surface area contributed by atoms with Gasteiger partial charge in [0.15, 0.2) is 0 Å². The van der Waals surface area contributed by atoms with Gasteiger partial charge in [-0.2, -0.15) is 0 Å². The minimum absolute atomic E-state index is 0.161. The second kappa shape index (κ2) is 9.37. The van der Waals surface area contributed by atoms with Crippen LogP contribution < -0.4 is 4.72 Å². The molecule has 0 saturated heterocycles. The summed E-state index contributed by atoms with van der Waals surface area (Å²) in [6.07, 6.45) is 1.73. The minimum Gasteiger partial charge on any atom is -0.392 e. The molecular weight excluding hydrogens is 312 g/mol. The van der Waals surface area contributed by atoms with Crippen LogP contribution in [0.5, 0.6) is 0 Å². The van der Waals surface area contributed by atoms with Gasteiger partial charge in [-0.25, -0.2) is 13.1 Å². The Hall–Kier alpha value is -0.950. The first-order valence-corrected chi connectivity index (χ1v) is 9.72. The van der Waals surface area contributed by atoms with E-state index >= 15 is 0 Å². The summed E-state index contributed by atoms with van der Waals surface area (Å²) >= 11 is 0. The van der Waals surface area contributed by atoms with E-state index in [1.165, 1.54) is 6.07 Å². The summed E-state index contributed by atoms with van der Waals surface area (Å²) in [5.74, 6) is 0. The molecule has 0 spiro atoms. The smallest absolute Gasteiger partial charge is 0.240 e. The molecule has 0 amide bonds. The highest BCUT2D eigenvalue weighted by Gasteiger charge is 2.17. The Bertz CT molecular complexity index is 563. The summed E-state index contributed by atoms with van der Waals surface area (Å²) < 4.78 is 27.2. The van der Waals surface area contributed by atoms with Gasteiger partial charge in [0.25, 0.3) is 0 Å². The third-order valence-corrected chi connectivity index (χ3v) is 5.46. The van der Waals surface area contributed by atoms with Gasteiger partial charge in [-0.3, -0.25) is 4.90 Å². The first-order chi connectivity index (χ1) is 10.8. The number of rotatable bonds is 10. The SMILES string of the molecule is CC(C)N(CCCCNS(=O)(=O)c1ccccc1CO)C(C)C. The highest BCUT2D eigenvalue weighted by molar-refractivity contribution is 7.89. The van der Waals surface area contributed by atoms with E-state index in [9.17, 15) is 13.5 Å². The van der Waals surface area contributed by atoms with Gasteiger partial charge in [-0.05, 0) is 58.7 Å². The predicted molar refractivity (Wildman–Crippen MR) is 93.8 cm³/mol. The van der Waals surface area contributed by atoms with Crippen molar-refractivity contribution in [1.82, 2.24) is 9.62 Å². The molecule has 0 unspecified atom stereocenters. The largest absolute Gasteiger partial charge is 0.392 e. The maximum atomic E-state index is 12.3. The second-order valence-electron chi connectivity index (χ2n) is 6.30. The number of aliphatic hydroxyl groups is 1. The Kier molecular flexibility index (Phi) is 8.19. The molecule has 0 radical (unpaired) electrons. The van der Waals surface area contributed by atoms with Crippen LogP contribution in [0.25, 0.3) is 0 Å². The maximum absolute atomic E-state index is 12.3. The average Bonchev–Trinajstić information content (AvgIpc) is 2.49. The van der Waals surface area contributed by atoms with Crippen LogP contribution in [-0.2, 0) is 16.6 Å². The molecule has 0 heterocycles. The van der Waals surface area contributed by atoms with Crippen molar-refractivity contribution < 1.29 is 13.5 Å². The number of nitrogens with one attached hydrogen (secondary N) is 1. The van der Waals surface area contributed by atoms with Crippen LogP contribution in [0.4, 0.5) is 0 Å². The Morgan fingerprint density at radius 1 is 1.09 bits per heavy atom. The highest BCUT2D eigenvalue weighted by Crippen LogP contribution is 2.15. The van der Waals surface area contributed by atoms with Crippen LogP contribution in [0.1, 0.15) is 46.1 Å². The van der Waals surface area contributed by atoms with Crippen molar-refractivity contribution in [2.45, 2.75) is 64.1 Å². The topological polar surface area (TPSA) is 69.6 Å². The average molecular weight is 343 g/mol. The number of aliphatic hydroxyl groups excluding tert-OH is 1. The van der Waals surface area contributed by atoms with Crippen molar-refractivity contribution >= 4 is 10.0 Å². The molecule has 0 aromatic heterocycles. The summed E-state index contributed by atoms with van der Waals surface area (Å²) in [4.78, 5) is 2.56. The van der Waals surface area contributed by atoms with Gasteiger partial charge in [0, 0.05) is 18.6 Å². The second-order valence-corrected chi connectivity index (χ2v) is 8.03. The zero-order chi connectivity index (χ0) is 17.5. The van der Waals surface area contributed by atoms with Crippen LogP contribution in [0.2, 0.25) is 0 Å². The van der Waals surface area contributed by atoms with Crippen LogP contribution >= 0.6 is 0 Å². The molecule has 2 N–H and O–H groups in total. The lowest BCUT2D eigenvalue weighted by Gasteiger charge is -2.30. The van der Waals surface area contributed by atoms with E-state index in [1.54, 1.807) is 18.2 Å². The number of hydrogen-bond acceptors (Lipinski definition) is 4. The number of benzene rings is 1. The van der Waals surface area contributed by atoms with Gasteiger partial charge in [0.2, 0.25) is 10.0 Å². The van der Waals surface area contributed by atoms with Gasteiger partial charge >= 0.3 is 0 Å². The van der Waals surface area contributed by atoms with E-state index < -0.39 is 10.0 Å². The van der Waals surface area contributed by atoms with Crippen molar-refractivity contribution in [1.29, 1.82) is 0 Å². The van der Waals surface area contributed by atoms with E-state index in [1.807, 2.05) is 0 Å². The Morgan fingerprint density at radius 3 is 2.26 bits per heavy atom. The predicted octanol–water partition coefficient (Wildman–Crippen LogP) is 2.36. The molecule has 0 atom stereocenters. The van der Waals surface area contributed by atoms with Crippen LogP contribution in [0.15, 0.2) is 29.2 Å². The Morgan fingerprint density at radius 2 is 1.70 bits per heavy atom. The van der Waals surface area contributed by atoms with Crippen LogP contribution in [0, 0.1) is 0 Å². The van der Waals surface area contributed by atoms with Crippen LogP contribution in [0.3, 0.4) is 0 Å². The molecule has 0 aliphatic heterocycles. The highest BCUT2D eigenvalue weighted by atomic mass is 32.2. The molecule has 23 heavy (non-hydrogen) atoms. The third-order valence-electron chi connectivity index (χ3n) is 3.89. The van der Waals surface area contributed by atoms with Crippen molar-refractivity contribution in [2.75, 3.05) is 13.1 Å². The normalized spacial score (nSPS) is 12.5. The molecular formula is C17H30N2O3S. The van der Waals surface area contributed by atoms with Gasteiger partial charge in [-0.15, -0.1) is 0 Å². The molecule has 0 aliphatic carbocycles. The molecule has 0 fully saturated rings. The monoisotopic (exact) mass is 342 g/mol. The summed E-state index contributed by atoms with van der Waals surface area (Å²) in [6.45, 7) is 9.79. The number of unbranched alkanes of at least 4 members (excludes halogenated alkanes) is 1. The summed E-state index contributed by atoms with van der Waals surface area (Å²) in [6, 6.07) is 7.50. The standard InChI is InChI=1S/C17H30N2O3S/c1-14(2)19(15(3)4)12-8-7-11-18-23(21,22)17-10-6-5-9-16(17)13-20/h5-6,9-10,14-15,18,20H,7-8,11-13H2,1-4H3. The van der Waals surface area contributed by atoms with Gasteiger partial charge in [-0.1, -0.05) is 18.2 Å². The van der Waals surface area contributed by atoms with Crippen molar-refractivity contribution in [3.05, 3.63) is 29.8 Å². The summed E-state index contributed by atoms with van der Waals surface area (Å²) in [7, 11) is -3.56. The first kappa shape index (κ1) is 20.1. The molecule has 0 bridgehead atoms. The zero-order valence-corrected chi connectivity index (χ0v) is 15.4. The van der Waals surface area contributed by atoms with Gasteiger partial charge < -0.3 is 5.11 Å². The van der Waals surface area contributed by atoms with Crippen molar-refractivity contribution in [2.24, 2.45) is 0 Å². The molecule has 1 rings (SSSR count). The fraction of sp³-hybridized carbons (Fsp3) is 0.647. The first-order valence-electron chi connectivity index (χ1n) is 8.23. The maximum Gasteiger partial charge on any atom is 0.240 e. The number of hydrogen-bond donors (Lipinski definition) is 2. The van der Waals surface area contributed by atoms with Gasteiger partial charge in [0.05, 0.1) is 11.5 Å². The lowest BCUT2D eigenvalue weighted by Crippen LogP contribution is -2.38. The molecule has 6 heteroatoms. The van der Waals surface area contributed by atoms with Crippen molar-refractivity contribution in [3.63, 3.8) is 0 Å². The fourth-order valence-corrected chi connectivity index (χ4v) is 4.02. The van der Waals surface area contributed by atoms with E-state index in [2.05, 4.69) is 37.3 Å². The molecule has 0 aliphatic rings. The van der Waals surface area contributed by atoms with Crippen molar-refractivity contribution in [3.8, 4) is 0 Å². The summed E-state index contributed by atoms with van der Waals surface area (Å²) in [5.41, 5.74) is 0.422. The van der Waals surface area contributed by atoms with E-state index in [-0.39, 0.29) is 11.5 Å². The van der Waals surface area contributed by atoms with Gasteiger partial charge in [0.1, 0.15) is 0 Å². The number of sulfonamides is 1. The number of nitrogens with zero attached hydrogens (tertiary/aromatic N) is 1. The lowest BCUT2D eigenvalue weighted by atomic mass is 10.2. The third kappa shape index (κ3) is 6.22. The van der Waals surface area contributed by atoms with E-state index in [0.29, 0.717) is 24.2 Å². The molecule has 132 valence electrons. The minimum atomic E-state index is -3.56. The molecule has 5 nitrogen and oxygen atoms in total. The van der Waals surface area contributed by atoms with Crippen LogP contribution in [-0.4, -0.2) is 43.6 Å². The molecule has 1 aromatic carbocycles. The van der Waals surface area contributed by atoms with E-state index in [0.717, 1.165) is 19.4 Å². The quantitative estimate of drug-likeness (QED) is 0.641. The summed E-state index contributed by atoms with van der Waals surface area (Å²) in [5, 5.41) is 9.26. The molecule has 1 aromatic rings. The fourth-order valence-electron chi connectivity index (χ4n) is 2.71. The molecule has 0 saturated carbocycles.